The molecule has 0 radical (unpaired) electrons. The molecule has 1 aromatic heterocycles. The number of hydrogen-bond donors (Lipinski definition) is 2. The number of carbonyl (C=O) groups is 2. The van der Waals surface area contributed by atoms with E-state index in [9.17, 15) is 9.59 Å². The van der Waals surface area contributed by atoms with Crippen molar-refractivity contribution in [2.45, 2.75) is 37.6 Å². The summed E-state index contributed by atoms with van der Waals surface area (Å²) in [5, 5.41) is 15.0. The largest absolute Gasteiger partial charge is 0.349 e. The van der Waals surface area contributed by atoms with E-state index in [-0.39, 0.29) is 11.8 Å². The maximum Gasteiger partial charge on any atom is 0.286 e. The lowest BCUT2D eigenvalue weighted by atomic mass is 10.2. The van der Waals surface area contributed by atoms with Crippen molar-refractivity contribution in [2.24, 2.45) is 0 Å². The zero-order valence-corrected chi connectivity index (χ0v) is 13.2. The first-order valence-electron chi connectivity index (χ1n) is 7.75. The van der Waals surface area contributed by atoms with Crippen LogP contribution in [0.4, 0.5) is 5.69 Å². The summed E-state index contributed by atoms with van der Waals surface area (Å²) in [5.41, 5.74) is 1.13. The average Bonchev–Trinajstić information content (AvgIpc) is 3.48. The number of nitrogens with one attached hydrogen (secondary N) is 2. The minimum absolute atomic E-state index is 0.101. The minimum Gasteiger partial charge on any atom is -0.349 e. The molecule has 0 bridgehead atoms. The van der Waals surface area contributed by atoms with Gasteiger partial charge in [-0.3, -0.25) is 9.59 Å². The van der Waals surface area contributed by atoms with Crippen LogP contribution in [-0.4, -0.2) is 28.1 Å². The third-order valence-electron chi connectivity index (χ3n) is 3.86. The number of rotatable bonds is 5. The Hall–Kier alpha value is -2.28. The van der Waals surface area contributed by atoms with Crippen LogP contribution < -0.4 is 10.6 Å². The van der Waals surface area contributed by atoms with Crippen molar-refractivity contribution in [3.63, 3.8) is 0 Å². The molecule has 1 aromatic carbocycles. The highest BCUT2D eigenvalue weighted by Gasteiger charge is 2.28. The molecule has 0 atom stereocenters. The SMILES string of the molecule is O=C(NC1CC1)c1cccc(NC(=O)c2nnc(C3CC3)s2)c1. The lowest BCUT2D eigenvalue weighted by Gasteiger charge is -2.06. The maximum atomic E-state index is 12.2. The van der Waals surface area contributed by atoms with Crippen LogP contribution in [0.25, 0.3) is 0 Å². The van der Waals surface area contributed by atoms with Gasteiger partial charge in [-0.05, 0) is 43.9 Å². The van der Waals surface area contributed by atoms with Gasteiger partial charge in [0.05, 0.1) is 0 Å². The molecule has 0 spiro atoms. The van der Waals surface area contributed by atoms with Crippen molar-refractivity contribution in [1.29, 1.82) is 0 Å². The monoisotopic (exact) mass is 328 g/mol. The topological polar surface area (TPSA) is 84.0 Å². The Morgan fingerprint density at radius 3 is 2.65 bits per heavy atom. The predicted molar refractivity (Wildman–Crippen MR) is 86.8 cm³/mol. The van der Waals surface area contributed by atoms with Gasteiger partial charge in [-0.2, -0.15) is 0 Å². The summed E-state index contributed by atoms with van der Waals surface area (Å²) in [4.78, 5) is 24.3. The average molecular weight is 328 g/mol. The fourth-order valence-corrected chi connectivity index (χ4v) is 3.15. The lowest BCUT2D eigenvalue weighted by Crippen LogP contribution is -2.25. The van der Waals surface area contributed by atoms with E-state index in [1.165, 1.54) is 11.3 Å². The summed E-state index contributed by atoms with van der Waals surface area (Å²) in [6.45, 7) is 0. The normalized spacial score (nSPS) is 16.9. The molecular formula is C16H16N4O2S. The number of benzene rings is 1. The van der Waals surface area contributed by atoms with E-state index in [0.717, 1.165) is 30.7 Å². The van der Waals surface area contributed by atoms with Gasteiger partial charge in [-0.1, -0.05) is 17.4 Å². The van der Waals surface area contributed by atoms with E-state index in [2.05, 4.69) is 20.8 Å². The Morgan fingerprint density at radius 2 is 1.91 bits per heavy atom. The van der Waals surface area contributed by atoms with Crippen molar-refractivity contribution in [3.8, 4) is 0 Å². The molecule has 1 heterocycles. The van der Waals surface area contributed by atoms with Gasteiger partial charge in [-0.25, -0.2) is 0 Å². The quantitative estimate of drug-likeness (QED) is 0.883. The van der Waals surface area contributed by atoms with Crippen LogP contribution in [0.3, 0.4) is 0 Å². The zero-order valence-electron chi connectivity index (χ0n) is 12.4. The van der Waals surface area contributed by atoms with Gasteiger partial charge in [0.2, 0.25) is 5.01 Å². The van der Waals surface area contributed by atoms with Crippen LogP contribution >= 0.6 is 11.3 Å². The highest BCUT2D eigenvalue weighted by atomic mass is 32.1. The first-order chi connectivity index (χ1) is 11.2. The second-order valence-electron chi connectivity index (χ2n) is 6.00. The minimum atomic E-state index is -0.283. The first kappa shape index (κ1) is 14.3. The number of hydrogen-bond acceptors (Lipinski definition) is 5. The summed E-state index contributed by atoms with van der Waals surface area (Å²) in [7, 11) is 0. The number of carbonyl (C=O) groups excluding carboxylic acids is 2. The molecule has 7 heteroatoms. The second kappa shape index (κ2) is 5.73. The van der Waals surface area contributed by atoms with Crippen LogP contribution in [0.2, 0.25) is 0 Å². The van der Waals surface area contributed by atoms with Crippen LogP contribution in [-0.2, 0) is 0 Å². The Balaban J connectivity index is 1.44. The van der Waals surface area contributed by atoms with Gasteiger partial charge in [-0.15, -0.1) is 10.2 Å². The molecule has 2 aliphatic rings. The molecule has 6 nitrogen and oxygen atoms in total. The Bertz CT molecular complexity index is 765. The Labute approximate surface area is 137 Å². The first-order valence-corrected chi connectivity index (χ1v) is 8.56. The highest BCUT2D eigenvalue weighted by molar-refractivity contribution is 7.13. The third kappa shape index (κ3) is 3.39. The number of amides is 2. The third-order valence-corrected chi connectivity index (χ3v) is 4.94. The fraction of sp³-hybridized carbons (Fsp3) is 0.375. The molecule has 118 valence electrons. The predicted octanol–water partition coefficient (Wildman–Crippen LogP) is 2.56. The van der Waals surface area contributed by atoms with E-state index in [1.54, 1.807) is 24.3 Å². The molecule has 23 heavy (non-hydrogen) atoms. The zero-order chi connectivity index (χ0) is 15.8. The Morgan fingerprint density at radius 1 is 1.09 bits per heavy atom. The summed E-state index contributed by atoms with van der Waals surface area (Å²) in [6.07, 6.45) is 4.36. The maximum absolute atomic E-state index is 12.2. The summed E-state index contributed by atoms with van der Waals surface area (Å²) < 4.78 is 0. The van der Waals surface area contributed by atoms with E-state index < -0.39 is 0 Å². The molecule has 2 saturated carbocycles. The van der Waals surface area contributed by atoms with Crippen molar-refractivity contribution >= 4 is 28.8 Å². The highest BCUT2D eigenvalue weighted by Crippen LogP contribution is 2.41. The summed E-state index contributed by atoms with van der Waals surface area (Å²) in [6, 6.07) is 7.24. The smallest absolute Gasteiger partial charge is 0.286 e. The van der Waals surface area contributed by atoms with Crippen LogP contribution in [0.1, 0.15) is 56.8 Å². The molecule has 0 aliphatic heterocycles. The molecular weight excluding hydrogens is 312 g/mol. The molecule has 0 unspecified atom stereocenters. The molecule has 2 aliphatic carbocycles. The van der Waals surface area contributed by atoms with Crippen molar-refractivity contribution in [1.82, 2.24) is 15.5 Å². The van der Waals surface area contributed by atoms with Crippen molar-refractivity contribution in [2.75, 3.05) is 5.32 Å². The molecule has 4 rings (SSSR count). The Kier molecular flexibility index (Phi) is 3.57. The van der Waals surface area contributed by atoms with Gasteiger partial charge < -0.3 is 10.6 Å². The number of anilines is 1. The second-order valence-corrected chi connectivity index (χ2v) is 7.01. The molecule has 0 saturated heterocycles. The number of aromatic nitrogens is 2. The van der Waals surface area contributed by atoms with E-state index in [1.807, 2.05) is 0 Å². The van der Waals surface area contributed by atoms with Crippen molar-refractivity contribution < 1.29 is 9.59 Å². The van der Waals surface area contributed by atoms with Crippen LogP contribution in [0.15, 0.2) is 24.3 Å². The summed E-state index contributed by atoms with van der Waals surface area (Å²) in [5.74, 6) is 0.105. The standard InChI is InChI=1S/C16H16N4O2S/c21-13(17-11-6-7-11)10-2-1-3-12(8-10)18-14(22)16-20-19-15(23-16)9-4-5-9/h1-3,8-9,11H,4-7H2,(H,17,21)(H,18,22). The van der Waals surface area contributed by atoms with Gasteiger partial charge in [0.25, 0.3) is 11.8 Å². The van der Waals surface area contributed by atoms with Gasteiger partial charge in [0.15, 0.2) is 0 Å². The molecule has 2 aromatic rings. The van der Waals surface area contributed by atoms with Gasteiger partial charge >= 0.3 is 0 Å². The van der Waals surface area contributed by atoms with Gasteiger partial charge in [0.1, 0.15) is 5.01 Å². The van der Waals surface area contributed by atoms with E-state index in [4.69, 9.17) is 0 Å². The fourth-order valence-electron chi connectivity index (χ4n) is 2.24. The van der Waals surface area contributed by atoms with Crippen LogP contribution in [0, 0.1) is 0 Å². The molecule has 2 N–H and O–H groups in total. The van der Waals surface area contributed by atoms with E-state index in [0.29, 0.717) is 28.2 Å². The van der Waals surface area contributed by atoms with E-state index >= 15 is 0 Å². The van der Waals surface area contributed by atoms with Gasteiger partial charge in [0, 0.05) is 23.2 Å². The molecule has 2 fully saturated rings. The van der Waals surface area contributed by atoms with Crippen LogP contribution in [0.5, 0.6) is 0 Å². The molecule has 2 amide bonds. The van der Waals surface area contributed by atoms with Crippen molar-refractivity contribution in [3.05, 3.63) is 39.8 Å². The summed E-state index contributed by atoms with van der Waals surface area (Å²) >= 11 is 1.34. The number of nitrogens with zero attached hydrogens (tertiary/aromatic N) is 2. The lowest BCUT2D eigenvalue weighted by molar-refractivity contribution is 0.0949.